The first-order chi connectivity index (χ1) is 12.5. The quantitative estimate of drug-likeness (QED) is 0.641. The van der Waals surface area contributed by atoms with Gasteiger partial charge >= 0.3 is 0 Å². The van der Waals surface area contributed by atoms with E-state index in [1.807, 2.05) is 6.07 Å². The van der Waals surface area contributed by atoms with Crippen molar-refractivity contribution < 1.29 is 9.59 Å². The van der Waals surface area contributed by atoms with Gasteiger partial charge in [0.15, 0.2) is 11.6 Å². The van der Waals surface area contributed by atoms with Gasteiger partial charge in [-0.05, 0) is 54.6 Å². The summed E-state index contributed by atoms with van der Waals surface area (Å²) in [6, 6.07) is 6.13. The maximum atomic E-state index is 13.3. The molecule has 0 N–H and O–H groups in total. The van der Waals surface area contributed by atoms with Crippen LogP contribution in [-0.2, 0) is 6.42 Å². The molecule has 140 valence electrons. The zero-order valence-electron chi connectivity index (χ0n) is 16.5. The van der Waals surface area contributed by atoms with Crippen LogP contribution in [0, 0.1) is 29.1 Å². The number of benzene rings is 1. The molecule has 0 radical (unpaired) electrons. The first-order valence-electron chi connectivity index (χ1n) is 10.7. The molecule has 2 nitrogen and oxygen atoms in total. The largest absolute Gasteiger partial charge is 0.294 e. The predicted octanol–water partition coefficient (Wildman–Crippen LogP) is 5.88. The van der Waals surface area contributed by atoms with Crippen LogP contribution in [0.25, 0.3) is 0 Å². The summed E-state index contributed by atoms with van der Waals surface area (Å²) in [5, 5.41) is 0. The van der Waals surface area contributed by atoms with Crippen molar-refractivity contribution in [3.8, 4) is 0 Å². The van der Waals surface area contributed by atoms with Crippen molar-refractivity contribution in [1.82, 2.24) is 0 Å². The maximum absolute atomic E-state index is 13.3. The minimum atomic E-state index is -0.0555. The average Bonchev–Trinajstić information content (AvgIpc) is 3.17. The van der Waals surface area contributed by atoms with Crippen LogP contribution in [0.1, 0.15) is 92.0 Å². The van der Waals surface area contributed by atoms with Crippen molar-refractivity contribution in [1.29, 1.82) is 0 Å². The van der Waals surface area contributed by atoms with Crippen LogP contribution >= 0.6 is 0 Å². The van der Waals surface area contributed by atoms with E-state index in [0.29, 0.717) is 17.4 Å². The second-order valence-corrected chi connectivity index (χ2v) is 9.39. The Hall–Kier alpha value is -1.44. The molecule has 3 aliphatic carbocycles. The number of carbonyl (C=O) groups excluding carboxylic acids is 2. The fraction of sp³-hybridized carbons (Fsp3) is 0.667. The van der Waals surface area contributed by atoms with Gasteiger partial charge in [0, 0.05) is 23.0 Å². The Morgan fingerprint density at radius 3 is 2.69 bits per heavy atom. The molecule has 2 fully saturated rings. The molecule has 3 aliphatic rings. The summed E-state index contributed by atoms with van der Waals surface area (Å²) < 4.78 is 0. The van der Waals surface area contributed by atoms with E-state index in [4.69, 9.17) is 0 Å². The standard InChI is InChI=1S/C24H32O2/c1-4-6-7-15(5-2)12-16-8-9-18-19(13-16)22(25)20-17-10-11-24(3,14-17)21(20)23(18)26/h8-9,13,15,17,20-21H,4-7,10-12,14H2,1-3H3. The zero-order valence-corrected chi connectivity index (χ0v) is 16.5. The Morgan fingerprint density at radius 1 is 1.15 bits per heavy atom. The van der Waals surface area contributed by atoms with Gasteiger partial charge in [0.05, 0.1) is 0 Å². The lowest BCUT2D eigenvalue weighted by Crippen LogP contribution is -2.43. The van der Waals surface area contributed by atoms with Crippen molar-refractivity contribution in [2.45, 2.75) is 72.1 Å². The molecule has 1 aromatic carbocycles. The van der Waals surface area contributed by atoms with Gasteiger partial charge in [-0.2, -0.15) is 0 Å². The van der Waals surface area contributed by atoms with Gasteiger partial charge in [-0.1, -0.05) is 58.6 Å². The van der Waals surface area contributed by atoms with Crippen molar-refractivity contribution in [2.24, 2.45) is 29.1 Å². The average molecular weight is 353 g/mol. The third-order valence-electron chi connectivity index (χ3n) is 7.70. The lowest BCUT2D eigenvalue weighted by molar-refractivity contribution is 0.0572. The summed E-state index contributed by atoms with van der Waals surface area (Å²) >= 11 is 0. The summed E-state index contributed by atoms with van der Waals surface area (Å²) in [7, 11) is 0. The summed E-state index contributed by atoms with van der Waals surface area (Å²) in [6.07, 6.45) is 9.26. The van der Waals surface area contributed by atoms with Crippen molar-refractivity contribution in [2.75, 3.05) is 0 Å². The summed E-state index contributed by atoms with van der Waals surface area (Å²) in [5.74, 6) is 1.54. The van der Waals surface area contributed by atoms with E-state index in [-0.39, 0.29) is 28.8 Å². The first kappa shape index (κ1) is 17.9. The Balaban J connectivity index is 1.63. The van der Waals surface area contributed by atoms with Gasteiger partial charge in [0.25, 0.3) is 0 Å². The second kappa shape index (κ2) is 6.62. The Bertz CT molecular complexity index is 734. The second-order valence-electron chi connectivity index (χ2n) is 9.39. The fourth-order valence-corrected chi connectivity index (χ4v) is 6.22. The molecule has 2 bridgehead atoms. The van der Waals surface area contributed by atoms with E-state index in [2.05, 4.69) is 32.9 Å². The predicted molar refractivity (Wildman–Crippen MR) is 105 cm³/mol. The Labute approximate surface area is 157 Å². The Morgan fingerprint density at radius 2 is 1.96 bits per heavy atom. The highest BCUT2D eigenvalue weighted by atomic mass is 16.1. The molecule has 26 heavy (non-hydrogen) atoms. The number of hydrogen-bond donors (Lipinski definition) is 0. The number of ketones is 2. The molecule has 0 aromatic heterocycles. The number of Topliss-reactive ketones (excluding diaryl/α,β-unsaturated/α-hetero) is 2. The number of rotatable bonds is 6. The van der Waals surface area contributed by atoms with Gasteiger partial charge in [-0.15, -0.1) is 0 Å². The Kier molecular flexibility index (Phi) is 4.57. The fourth-order valence-electron chi connectivity index (χ4n) is 6.22. The zero-order chi connectivity index (χ0) is 18.5. The minimum absolute atomic E-state index is 0.0361. The monoisotopic (exact) mass is 352 g/mol. The smallest absolute Gasteiger partial charge is 0.167 e. The van der Waals surface area contributed by atoms with E-state index in [9.17, 15) is 9.59 Å². The highest BCUT2D eigenvalue weighted by Crippen LogP contribution is 2.63. The summed E-state index contributed by atoms with van der Waals surface area (Å²) in [6.45, 7) is 6.73. The molecular formula is C24H32O2. The van der Waals surface area contributed by atoms with Crippen LogP contribution in [0.5, 0.6) is 0 Å². The van der Waals surface area contributed by atoms with Gasteiger partial charge in [0.2, 0.25) is 0 Å². The van der Waals surface area contributed by atoms with Crippen molar-refractivity contribution in [3.63, 3.8) is 0 Å². The number of fused-ring (bicyclic) bond motifs is 6. The number of hydrogen-bond acceptors (Lipinski definition) is 2. The topological polar surface area (TPSA) is 34.1 Å². The van der Waals surface area contributed by atoms with Crippen molar-refractivity contribution >= 4 is 11.6 Å². The highest BCUT2D eigenvalue weighted by Gasteiger charge is 2.62. The molecule has 5 atom stereocenters. The molecule has 4 rings (SSSR count). The first-order valence-corrected chi connectivity index (χ1v) is 10.7. The number of carbonyl (C=O) groups is 2. The van der Waals surface area contributed by atoms with Crippen LogP contribution < -0.4 is 0 Å². The van der Waals surface area contributed by atoms with Gasteiger partial charge in [0.1, 0.15) is 0 Å². The SMILES string of the molecule is CCCCC(CC)Cc1ccc2c(c1)C(=O)C1C3CCC(C)(C3)C1C2=O. The molecule has 2 heteroatoms. The summed E-state index contributed by atoms with van der Waals surface area (Å²) in [5.41, 5.74) is 2.73. The van der Waals surface area contributed by atoms with Crippen LogP contribution in [0.2, 0.25) is 0 Å². The molecule has 0 spiro atoms. The molecule has 1 aromatic rings. The molecule has 0 saturated heterocycles. The van der Waals surface area contributed by atoms with Crippen LogP contribution in [0.4, 0.5) is 0 Å². The van der Waals surface area contributed by atoms with E-state index in [0.717, 1.165) is 31.2 Å². The minimum Gasteiger partial charge on any atom is -0.294 e. The number of unbranched alkanes of at least 4 members (excludes halogenated alkanes) is 1. The summed E-state index contributed by atoms with van der Waals surface area (Å²) in [4.78, 5) is 26.5. The maximum Gasteiger partial charge on any atom is 0.167 e. The lowest BCUT2D eigenvalue weighted by atomic mass is 9.62. The highest BCUT2D eigenvalue weighted by molar-refractivity contribution is 6.16. The molecule has 0 heterocycles. The van der Waals surface area contributed by atoms with Crippen LogP contribution in [-0.4, -0.2) is 11.6 Å². The normalized spacial score (nSPS) is 33.3. The molecule has 2 saturated carbocycles. The molecule has 0 aliphatic heterocycles. The third-order valence-corrected chi connectivity index (χ3v) is 7.70. The van der Waals surface area contributed by atoms with Gasteiger partial charge < -0.3 is 0 Å². The van der Waals surface area contributed by atoms with Crippen LogP contribution in [0.15, 0.2) is 18.2 Å². The van der Waals surface area contributed by atoms with E-state index in [1.165, 1.54) is 31.2 Å². The van der Waals surface area contributed by atoms with E-state index < -0.39 is 0 Å². The van der Waals surface area contributed by atoms with Crippen molar-refractivity contribution in [3.05, 3.63) is 34.9 Å². The lowest BCUT2D eigenvalue weighted by Gasteiger charge is -2.38. The molecule has 5 unspecified atom stereocenters. The van der Waals surface area contributed by atoms with Gasteiger partial charge in [-0.3, -0.25) is 9.59 Å². The third kappa shape index (κ3) is 2.68. The van der Waals surface area contributed by atoms with E-state index in [1.54, 1.807) is 0 Å². The van der Waals surface area contributed by atoms with Gasteiger partial charge in [-0.25, -0.2) is 0 Å². The molecular weight excluding hydrogens is 320 g/mol. The molecule has 0 amide bonds. The van der Waals surface area contributed by atoms with E-state index >= 15 is 0 Å². The van der Waals surface area contributed by atoms with Crippen LogP contribution in [0.3, 0.4) is 0 Å².